The largest absolute Gasteiger partial charge is 0.497 e. The maximum Gasteiger partial charge on any atom is 0.278 e. The molecule has 166 valence electrons. The zero-order valence-corrected chi connectivity index (χ0v) is 18.7. The number of hydrogen-bond donors (Lipinski definition) is 1. The quantitative estimate of drug-likeness (QED) is 0.240. The van der Waals surface area contributed by atoms with Gasteiger partial charge >= 0.3 is 0 Å². The highest BCUT2D eigenvalue weighted by Crippen LogP contribution is 2.24. The third-order valence-corrected chi connectivity index (χ3v) is 5.61. The minimum Gasteiger partial charge on any atom is -0.497 e. The molecule has 1 N–H and O–H groups in total. The summed E-state index contributed by atoms with van der Waals surface area (Å²) >= 11 is 1.37. The van der Waals surface area contributed by atoms with Gasteiger partial charge in [0, 0.05) is 29.4 Å². The number of aromatic nitrogens is 5. The van der Waals surface area contributed by atoms with Crippen LogP contribution in [0.5, 0.6) is 5.75 Å². The Balaban J connectivity index is 1.63. The first-order valence-electron chi connectivity index (χ1n) is 9.96. The third-order valence-electron chi connectivity index (χ3n) is 4.72. The topological polar surface area (TPSA) is 112 Å². The van der Waals surface area contributed by atoms with Crippen molar-refractivity contribution in [1.82, 2.24) is 25.0 Å². The molecule has 33 heavy (non-hydrogen) atoms. The molecule has 2 aromatic carbocycles. The fourth-order valence-corrected chi connectivity index (χ4v) is 3.81. The monoisotopic (exact) mass is 460 g/mol. The summed E-state index contributed by atoms with van der Waals surface area (Å²) in [5.74, 6) is 0.627. The third kappa shape index (κ3) is 5.24. The minimum absolute atomic E-state index is 0.0437. The molecule has 0 atom stereocenters. The van der Waals surface area contributed by atoms with Gasteiger partial charge in [0.1, 0.15) is 5.75 Å². The van der Waals surface area contributed by atoms with Gasteiger partial charge in [-0.05, 0) is 61.5 Å². The Kier molecular flexibility index (Phi) is 6.75. The number of benzene rings is 2. The van der Waals surface area contributed by atoms with Gasteiger partial charge in [-0.3, -0.25) is 9.59 Å². The van der Waals surface area contributed by atoms with Gasteiger partial charge in [-0.1, -0.05) is 17.0 Å². The Hall–Kier alpha value is -4.05. The van der Waals surface area contributed by atoms with Crippen molar-refractivity contribution >= 4 is 29.1 Å². The summed E-state index contributed by atoms with van der Waals surface area (Å²) in [4.78, 5) is 33.0. The summed E-state index contributed by atoms with van der Waals surface area (Å²) in [6, 6.07) is 15.7. The molecule has 4 rings (SSSR count). The van der Waals surface area contributed by atoms with Crippen molar-refractivity contribution < 1.29 is 14.3 Å². The first kappa shape index (κ1) is 22.2. The Morgan fingerprint density at radius 3 is 2.36 bits per heavy atom. The molecule has 0 bridgehead atoms. The number of thioether (sulfide) groups is 1. The predicted molar refractivity (Wildman–Crippen MR) is 124 cm³/mol. The summed E-state index contributed by atoms with van der Waals surface area (Å²) in [6.07, 6.45) is 3.32. The molecule has 0 saturated carbocycles. The number of ketones is 1. The predicted octanol–water partition coefficient (Wildman–Crippen LogP) is 3.81. The molecule has 0 unspecified atom stereocenters. The fraction of sp³-hybridized carbons (Fsp3) is 0.130. The molecule has 4 aromatic rings. The Morgan fingerprint density at radius 1 is 1.03 bits per heavy atom. The molecule has 1 amide bonds. The van der Waals surface area contributed by atoms with Gasteiger partial charge in [-0.15, -0.1) is 5.10 Å². The van der Waals surface area contributed by atoms with Crippen LogP contribution < -0.4 is 10.1 Å². The number of ether oxygens (including phenoxy) is 1. The lowest BCUT2D eigenvalue weighted by atomic mass is 10.1. The van der Waals surface area contributed by atoms with Crippen LogP contribution in [0.4, 0.5) is 5.69 Å². The average Bonchev–Trinajstić information content (AvgIpc) is 3.28. The minimum atomic E-state index is -0.407. The van der Waals surface area contributed by atoms with E-state index in [-0.39, 0.29) is 11.5 Å². The first-order valence-corrected chi connectivity index (χ1v) is 10.9. The van der Waals surface area contributed by atoms with E-state index in [2.05, 4.69) is 25.6 Å². The van der Waals surface area contributed by atoms with Crippen molar-refractivity contribution in [3.05, 3.63) is 83.9 Å². The molecule has 0 radical (unpaired) electrons. The van der Waals surface area contributed by atoms with Crippen LogP contribution in [0.25, 0.3) is 5.69 Å². The van der Waals surface area contributed by atoms with Crippen LogP contribution in [-0.2, 0) is 5.75 Å². The number of nitrogens with zero attached hydrogens (tertiary/aromatic N) is 5. The van der Waals surface area contributed by atoms with Gasteiger partial charge in [-0.25, -0.2) is 14.6 Å². The number of rotatable bonds is 8. The molecule has 2 heterocycles. The molecule has 9 nitrogen and oxygen atoms in total. The van der Waals surface area contributed by atoms with E-state index < -0.39 is 5.91 Å². The van der Waals surface area contributed by atoms with Gasteiger partial charge < -0.3 is 10.1 Å². The lowest BCUT2D eigenvalue weighted by Crippen LogP contribution is -2.15. The van der Waals surface area contributed by atoms with Gasteiger partial charge in [0.25, 0.3) is 5.91 Å². The van der Waals surface area contributed by atoms with Gasteiger partial charge in [0.05, 0.1) is 18.5 Å². The maximum atomic E-state index is 13.1. The number of hydrogen-bond acceptors (Lipinski definition) is 8. The van der Waals surface area contributed by atoms with Crippen LogP contribution in [-0.4, -0.2) is 43.8 Å². The maximum absolute atomic E-state index is 13.1. The molecular weight excluding hydrogens is 440 g/mol. The Morgan fingerprint density at radius 2 is 1.73 bits per heavy atom. The molecule has 0 aliphatic carbocycles. The summed E-state index contributed by atoms with van der Waals surface area (Å²) in [5, 5.41) is 11.8. The Bertz CT molecular complexity index is 1260. The molecule has 2 aromatic heterocycles. The zero-order valence-electron chi connectivity index (χ0n) is 17.9. The van der Waals surface area contributed by atoms with E-state index in [0.29, 0.717) is 33.6 Å². The summed E-state index contributed by atoms with van der Waals surface area (Å²) in [5.41, 5.74) is 2.63. The van der Waals surface area contributed by atoms with Crippen molar-refractivity contribution in [1.29, 1.82) is 0 Å². The van der Waals surface area contributed by atoms with Crippen molar-refractivity contribution in [3.63, 3.8) is 0 Å². The normalized spacial score (nSPS) is 10.6. The summed E-state index contributed by atoms with van der Waals surface area (Å²) in [6.45, 7) is 1.49. The van der Waals surface area contributed by atoms with Crippen molar-refractivity contribution in [2.75, 3.05) is 12.4 Å². The molecule has 0 aliphatic rings. The van der Waals surface area contributed by atoms with Gasteiger partial charge in [0.15, 0.2) is 16.6 Å². The van der Waals surface area contributed by atoms with Crippen LogP contribution in [0.1, 0.15) is 33.5 Å². The highest BCUT2D eigenvalue weighted by molar-refractivity contribution is 7.98. The Labute approximate surface area is 194 Å². The van der Waals surface area contributed by atoms with Crippen molar-refractivity contribution in [3.8, 4) is 11.4 Å². The van der Waals surface area contributed by atoms with E-state index >= 15 is 0 Å². The number of Topliss-reactive ketones (excluding diaryl/α,β-unsaturated/α-hetero) is 1. The second kappa shape index (κ2) is 10.0. The number of carbonyl (C=O) groups excluding carboxylic acids is 2. The highest BCUT2D eigenvalue weighted by Gasteiger charge is 2.21. The lowest BCUT2D eigenvalue weighted by Gasteiger charge is -2.09. The van der Waals surface area contributed by atoms with E-state index in [1.54, 1.807) is 54.5 Å². The van der Waals surface area contributed by atoms with Crippen LogP contribution in [0.2, 0.25) is 0 Å². The smallest absolute Gasteiger partial charge is 0.278 e. The van der Waals surface area contributed by atoms with E-state index in [9.17, 15) is 9.59 Å². The van der Waals surface area contributed by atoms with Gasteiger partial charge in [0.2, 0.25) is 0 Å². The molecule has 0 fully saturated rings. The zero-order chi connectivity index (χ0) is 23.2. The standard InChI is InChI=1S/C23H20N6O3S/c1-15(30)16-4-6-17(7-5-16)26-22(31)21-20(14-33-23-24-12-3-13-25-23)29(28-27-21)18-8-10-19(32-2)11-9-18/h3-13H,14H2,1-2H3,(H,26,31). The van der Waals surface area contributed by atoms with E-state index in [1.165, 1.54) is 18.7 Å². The number of amides is 1. The first-order chi connectivity index (χ1) is 16.0. The number of anilines is 1. The van der Waals surface area contributed by atoms with Gasteiger partial charge in [-0.2, -0.15) is 0 Å². The summed E-state index contributed by atoms with van der Waals surface area (Å²) in [7, 11) is 1.60. The van der Waals surface area contributed by atoms with Crippen LogP contribution in [0, 0.1) is 0 Å². The van der Waals surface area contributed by atoms with Crippen LogP contribution in [0.3, 0.4) is 0 Å². The highest BCUT2D eigenvalue weighted by atomic mass is 32.2. The molecule has 10 heteroatoms. The second-order valence-electron chi connectivity index (χ2n) is 6.90. The van der Waals surface area contributed by atoms with E-state index in [0.717, 1.165) is 5.69 Å². The molecule has 0 spiro atoms. The molecule has 0 aliphatic heterocycles. The number of methoxy groups -OCH3 is 1. The SMILES string of the molecule is COc1ccc(-n2nnc(C(=O)Nc3ccc(C(C)=O)cc3)c2CSc2ncccn2)cc1. The summed E-state index contributed by atoms with van der Waals surface area (Å²) < 4.78 is 6.84. The van der Waals surface area contributed by atoms with Crippen LogP contribution >= 0.6 is 11.8 Å². The fourth-order valence-electron chi connectivity index (χ4n) is 3.01. The average molecular weight is 461 g/mol. The molecular formula is C23H20N6O3S. The number of carbonyl (C=O) groups is 2. The van der Waals surface area contributed by atoms with Crippen molar-refractivity contribution in [2.24, 2.45) is 0 Å². The second-order valence-corrected chi connectivity index (χ2v) is 7.84. The molecule has 0 saturated heterocycles. The lowest BCUT2D eigenvalue weighted by molar-refractivity contribution is 0.101. The number of nitrogens with one attached hydrogen (secondary N) is 1. The van der Waals surface area contributed by atoms with E-state index in [1.807, 2.05) is 24.3 Å². The van der Waals surface area contributed by atoms with Crippen molar-refractivity contribution in [2.45, 2.75) is 17.8 Å². The van der Waals surface area contributed by atoms with E-state index in [4.69, 9.17) is 4.74 Å². The van der Waals surface area contributed by atoms with Crippen LogP contribution in [0.15, 0.2) is 72.1 Å².